The van der Waals surface area contributed by atoms with Crippen LogP contribution in [-0.2, 0) is 29.6 Å². The summed E-state index contributed by atoms with van der Waals surface area (Å²) in [5.74, 6) is -2.23. The van der Waals surface area contributed by atoms with Gasteiger partial charge in [-0.25, -0.2) is 25.4 Å². The summed E-state index contributed by atoms with van der Waals surface area (Å²) in [6.07, 6.45) is 0. The number of rotatable bonds is 6. The van der Waals surface area contributed by atoms with E-state index in [1.807, 2.05) is 0 Å². The van der Waals surface area contributed by atoms with Crippen LogP contribution in [0.1, 0.15) is 23.2 Å². The van der Waals surface area contributed by atoms with Crippen LogP contribution in [-0.4, -0.2) is 37.3 Å². The zero-order valence-corrected chi connectivity index (χ0v) is 22.5. The zero-order valence-electron chi connectivity index (χ0n) is 20.9. The van der Waals surface area contributed by atoms with Crippen molar-refractivity contribution in [2.75, 3.05) is 11.5 Å². The minimum absolute atomic E-state index is 0.115. The number of benzene rings is 4. The van der Waals surface area contributed by atoms with Gasteiger partial charge in [0.05, 0.1) is 9.79 Å². The standard InChI is InChI=1S/C28H24N4O6S2/c29-21-11-15-23(16-12-21)39(35,36)31-25(19-7-3-1-4-8-19)27(33)32(26(28(31)34)20-9-5-2-6-10-20)40(37,38)24-17-13-22(30)14-18-24/h1-18,25-26H,29-30H2. The third-order valence-corrected chi connectivity index (χ3v) is 10.0. The highest BCUT2D eigenvalue weighted by atomic mass is 32.2. The predicted molar refractivity (Wildman–Crippen MR) is 148 cm³/mol. The molecule has 12 heteroatoms. The van der Waals surface area contributed by atoms with E-state index in [0.717, 1.165) is 0 Å². The molecule has 1 saturated heterocycles. The van der Waals surface area contributed by atoms with Crippen molar-refractivity contribution < 1.29 is 26.4 Å². The van der Waals surface area contributed by atoms with Crippen LogP contribution in [0.25, 0.3) is 0 Å². The number of carbonyl (C=O) groups excluding carboxylic acids is 2. The van der Waals surface area contributed by atoms with E-state index in [1.54, 1.807) is 36.4 Å². The number of anilines is 2. The van der Waals surface area contributed by atoms with E-state index >= 15 is 0 Å². The van der Waals surface area contributed by atoms with E-state index in [0.29, 0.717) is 20.0 Å². The van der Waals surface area contributed by atoms with Crippen molar-refractivity contribution in [3.05, 3.63) is 120 Å². The number of sulfonamides is 2. The van der Waals surface area contributed by atoms with Crippen molar-refractivity contribution in [2.45, 2.75) is 21.9 Å². The fourth-order valence-electron chi connectivity index (χ4n) is 4.54. The van der Waals surface area contributed by atoms with E-state index in [-0.39, 0.29) is 20.9 Å². The highest BCUT2D eigenvalue weighted by molar-refractivity contribution is 7.90. The number of nitrogens with two attached hydrogens (primary N) is 2. The Kier molecular flexibility index (Phi) is 6.82. The molecule has 2 unspecified atom stereocenters. The number of amides is 2. The van der Waals surface area contributed by atoms with Gasteiger partial charge in [0, 0.05) is 11.4 Å². The summed E-state index contributed by atoms with van der Waals surface area (Å²) in [5, 5.41) is 0. The molecule has 40 heavy (non-hydrogen) atoms. The number of hydrogen-bond acceptors (Lipinski definition) is 8. The first-order valence-corrected chi connectivity index (χ1v) is 14.9. The summed E-state index contributed by atoms with van der Waals surface area (Å²) in [6, 6.07) is 22.0. The molecule has 4 aromatic rings. The van der Waals surface area contributed by atoms with Crippen molar-refractivity contribution >= 4 is 43.2 Å². The minimum Gasteiger partial charge on any atom is -0.399 e. The summed E-state index contributed by atoms with van der Waals surface area (Å²) < 4.78 is 57.0. The molecule has 10 nitrogen and oxygen atoms in total. The zero-order chi connectivity index (χ0) is 28.7. The van der Waals surface area contributed by atoms with Crippen molar-refractivity contribution in [1.29, 1.82) is 0 Å². The second kappa shape index (κ2) is 10.1. The molecule has 0 bridgehead atoms. The Morgan fingerprint density at radius 2 is 0.775 bits per heavy atom. The molecule has 0 radical (unpaired) electrons. The molecule has 1 aliphatic rings. The van der Waals surface area contributed by atoms with Gasteiger partial charge in [0.2, 0.25) is 0 Å². The first-order valence-electron chi connectivity index (χ1n) is 12.0. The second-order valence-corrected chi connectivity index (χ2v) is 12.7. The molecule has 2 atom stereocenters. The lowest BCUT2D eigenvalue weighted by molar-refractivity contribution is -0.150. The highest BCUT2D eigenvalue weighted by Gasteiger charge is 2.56. The lowest BCUT2D eigenvalue weighted by Gasteiger charge is -2.43. The summed E-state index contributed by atoms with van der Waals surface area (Å²) >= 11 is 0. The van der Waals surface area contributed by atoms with E-state index in [4.69, 9.17) is 11.5 Å². The van der Waals surface area contributed by atoms with E-state index < -0.39 is 43.9 Å². The molecular weight excluding hydrogens is 552 g/mol. The van der Waals surface area contributed by atoms with Crippen LogP contribution in [0.2, 0.25) is 0 Å². The fourth-order valence-corrected chi connectivity index (χ4v) is 7.61. The SMILES string of the molecule is Nc1ccc(S(=O)(=O)N2C(=O)C(c3ccccc3)N(S(=O)(=O)c3ccc(N)cc3)C(=O)C2c2ccccc2)cc1. The number of carbonyl (C=O) groups is 2. The van der Waals surface area contributed by atoms with Crippen LogP contribution in [0.4, 0.5) is 11.4 Å². The van der Waals surface area contributed by atoms with Crippen LogP contribution in [0.3, 0.4) is 0 Å². The molecule has 0 spiro atoms. The van der Waals surface area contributed by atoms with Crippen LogP contribution in [0, 0.1) is 0 Å². The monoisotopic (exact) mass is 576 g/mol. The fraction of sp³-hybridized carbons (Fsp3) is 0.0714. The van der Waals surface area contributed by atoms with Gasteiger partial charge in [-0.1, -0.05) is 60.7 Å². The summed E-state index contributed by atoms with van der Waals surface area (Å²) in [6.45, 7) is 0. The van der Waals surface area contributed by atoms with Crippen LogP contribution >= 0.6 is 0 Å². The topological polar surface area (TPSA) is 161 Å². The van der Waals surface area contributed by atoms with Gasteiger partial charge in [0.1, 0.15) is 0 Å². The van der Waals surface area contributed by atoms with Crippen LogP contribution < -0.4 is 11.5 Å². The Morgan fingerprint density at radius 1 is 0.475 bits per heavy atom. The Labute approximate surface area is 231 Å². The van der Waals surface area contributed by atoms with Gasteiger partial charge in [-0.2, -0.15) is 0 Å². The van der Waals surface area contributed by atoms with E-state index in [1.165, 1.54) is 72.8 Å². The van der Waals surface area contributed by atoms with Gasteiger partial charge in [0.25, 0.3) is 31.9 Å². The minimum atomic E-state index is -4.67. The van der Waals surface area contributed by atoms with Crippen molar-refractivity contribution in [2.24, 2.45) is 0 Å². The largest absolute Gasteiger partial charge is 0.399 e. The van der Waals surface area contributed by atoms with Crippen molar-refractivity contribution in [3.63, 3.8) is 0 Å². The first-order chi connectivity index (χ1) is 19.0. The maximum Gasteiger partial charge on any atom is 0.267 e. The number of nitrogens with zero attached hydrogens (tertiary/aromatic N) is 2. The molecule has 1 aliphatic heterocycles. The van der Waals surface area contributed by atoms with Crippen molar-refractivity contribution in [3.8, 4) is 0 Å². The molecule has 0 saturated carbocycles. The molecule has 0 aliphatic carbocycles. The molecule has 4 N–H and O–H groups in total. The second-order valence-electron chi connectivity index (χ2n) is 9.04. The van der Waals surface area contributed by atoms with Crippen molar-refractivity contribution in [1.82, 2.24) is 8.61 Å². The van der Waals surface area contributed by atoms with E-state index in [9.17, 15) is 26.4 Å². The van der Waals surface area contributed by atoms with Gasteiger partial charge in [-0.15, -0.1) is 0 Å². The number of nitrogen functional groups attached to an aromatic ring is 2. The Balaban J connectivity index is 1.78. The third kappa shape index (κ3) is 4.56. The molecule has 1 fully saturated rings. The molecular formula is C28H24N4O6S2. The first kappa shape index (κ1) is 26.9. The third-order valence-electron chi connectivity index (χ3n) is 6.48. The van der Waals surface area contributed by atoms with E-state index in [2.05, 4.69) is 0 Å². The summed E-state index contributed by atoms with van der Waals surface area (Å²) in [4.78, 5) is 28.1. The van der Waals surface area contributed by atoms with Gasteiger partial charge < -0.3 is 11.5 Å². The average molecular weight is 577 g/mol. The molecule has 204 valence electrons. The van der Waals surface area contributed by atoms with Gasteiger partial charge in [-0.3, -0.25) is 9.59 Å². The lowest BCUT2D eigenvalue weighted by Crippen LogP contribution is -2.59. The molecule has 2 amide bonds. The average Bonchev–Trinajstić information content (AvgIpc) is 2.94. The Hall–Kier alpha value is -4.68. The normalized spacial score (nSPS) is 18.1. The number of hydrogen-bond donors (Lipinski definition) is 2. The van der Waals surface area contributed by atoms with Gasteiger partial charge >= 0.3 is 0 Å². The Bertz CT molecular complexity index is 1640. The molecule has 5 rings (SSSR count). The molecule has 0 aromatic heterocycles. The van der Waals surface area contributed by atoms with Crippen LogP contribution in [0.15, 0.2) is 119 Å². The number of piperazine rings is 1. The molecule has 1 heterocycles. The maximum absolute atomic E-state index is 14.3. The Morgan fingerprint density at radius 3 is 1.07 bits per heavy atom. The highest BCUT2D eigenvalue weighted by Crippen LogP contribution is 2.43. The maximum atomic E-state index is 14.3. The quantitative estimate of drug-likeness (QED) is 0.331. The van der Waals surface area contributed by atoms with Crippen LogP contribution in [0.5, 0.6) is 0 Å². The smallest absolute Gasteiger partial charge is 0.267 e. The predicted octanol–water partition coefficient (Wildman–Crippen LogP) is 3.08. The van der Waals surface area contributed by atoms with Gasteiger partial charge in [-0.05, 0) is 59.7 Å². The van der Waals surface area contributed by atoms with Gasteiger partial charge in [0.15, 0.2) is 12.1 Å². The summed E-state index contributed by atoms with van der Waals surface area (Å²) in [5.41, 5.74) is 12.3. The summed E-state index contributed by atoms with van der Waals surface area (Å²) in [7, 11) is -9.34. The molecule has 4 aromatic carbocycles. The lowest BCUT2D eigenvalue weighted by atomic mass is 9.98.